The zero-order valence-electron chi connectivity index (χ0n) is 9.44. The Bertz CT molecular complexity index is 379. The molecule has 0 aromatic carbocycles. The first-order valence-electron chi connectivity index (χ1n) is 5.92. The second-order valence-corrected chi connectivity index (χ2v) is 5.20. The summed E-state index contributed by atoms with van der Waals surface area (Å²) in [7, 11) is 0. The van der Waals surface area contributed by atoms with E-state index in [1.807, 2.05) is 5.01 Å². The number of hydrazone groups is 1. The molecule has 1 N–H and O–H groups in total. The van der Waals surface area contributed by atoms with Gasteiger partial charge in [0.15, 0.2) is 5.17 Å². The van der Waals surface area contributed by atoms with Crippen LogP contribution in [0, 0.1) is 0 Å². The zero-order chi connectivity index (χ0) is 11.0. The van der Waals surface area contributed by atoms with E-state index in [-0.39, 0.29) is 0 Å². The second-order valence-electron chi connectivity index (χ2n) is 4.21. The molecule has 0 aromatic heterocycles. The number of allylic oxidation sites excluding steroid dienone is 1. The molecule has 0 aromatic rings. The normalized spacial score (nSPS) is 28.7. The van der Waals surface area contributed by atoms with Crippen LogP contribution in [0.25, 0.3) is 0 Å². The van der Waals surface area contributed by atoms with Crippen molar-refractivity contribution in [2.75, 3.05) is 13.1 Å². The van der Waals surface area contributed by atoms with E-state index in [0.717, 1.165) is 24.7 Å². The van der Waals surface area contributed by atoms with Gasteiger partial charge in [0.1, 0.15) is 5.04 Å². The number of amidine groups is 1. The highest BCUT2D eigenvalue weighted by Crippen LogP contribution is 2.29. The summed E-state index contributed by atoms with van der Waals surface area (Å²) >= 11 is 1.73. The standard InChI is InChI=1S/C11H16N4S/c1-2-8-5-7-15-11(13-8)16-10(14-15)9-4-3-6-12-9/h5,9,12H,2-4,6-7H2,1H3/t9-/m1/s1. The van der Waals surface area contributed by atoms with Gasteiger partial charge in [0.25, 0.3) is 0 Å². The quantitative estimate of drug-likeness (QED) is 0.794. The largest absolute Gasteiger partial charge is 0.308 e. The summed E-state index contributed by atoms with van der Waals surface area (Å²) in [6, 6.07) is 0.461. The molecule has 3 aliphatic rings. The molecule has 0 aliphatic carbocycles. The highest BCUT2D eigenvalue weighted by atomic mass is 32.2. The van der Waals surface area contributed by atoms with Crippen LogP contribution in [-0.2, 0) is 0 Å². The van der Waals surface area contributed by atoms with Crippen LogP contribution in [0.4, 0.5) is 0 Å². The third-order valence-electron chi connectivity index (χ3n) is 3.10. The Morgan fingerprint density at radius 2 is 2.56 bits per heavy atom. The predicted octanol–water partition coefficient (Wildman–Crippen LogP) is 1.76. The van der Waals surface area contributed by atoms with Gasteiger partial charge in [-0.3, -0.25) is 0 Å². The molecule has 16 heavy (non-hydrogen) atoms. The lowest BCUT2D eigenvalue weighted by Gasteiger charge is -2.16. The smallest absolute Gasteiger partial charge is 0.191 e. The van der Waals surface area contributed by atoms with Crippen molar-refractivity contribution < 1.29 is 0 Å². The van der Waals surface area contributed by atoms with Crippen molar-refractivity contribution in [1.29, 1.82) is 0 Å². The van der Waals surface area contributed by atoms with Crippen molar-refractivity contribution in [3.05, 3.63) is 11.8 Å². The number of aliphatic imine (C=N–C) groups is 1. The Morgan fingerprint density at radius 3 is 3.31 bits per heavy atom. The molecular weight excluding hydrogens is 220 g/mol. The lowest BCUT2D eigenvalue weighted by atomic mass is 10.2. The van der Waals surface area contributed by atoms with Crippen molar-refractivity contribution in [2.45, 2.75) is 32.2 Å². The fraction of sp³-hybridized carbons (Fsp3) is 0.636. The van der Waals surface area contributed by atoms with Crippen LogP contribution < -0.4 is 5.32 Å². The Hall–Kier alpha value is -0.810. The molecule has 4 nitrogen and oxygen atoms in total. The summed E-state index contributed by atoms with van der Waals surface area (Å²) in [6.45, 7) is 4.14. The Kier molecular flexibility index (Phi) is 2.73. The van der Waals surface area contributed by atoms with Gasteiger partial charge in [0.2, 0.25) is 0 Å². The van der Waals surface area contributed by atoms with Crippen LogP contribution in [-0.4, -0.2) is 34.4 Å². The minimum Gasteiger partial charge on any atom is -0.308 e. The van der Waals surface area contributed by atoms with Crippen LogP contribution in [0.2, 0.25) is 0 Å². The molecule has 1 atom stereocenters. The summed E-state index contributed by atoms with van der Waals surface area (Å²) in [5, 5.41) is 12.4. The Balaban J connectivity index is 1.75. The molecule has 0 spiro atoms. The summed E-state index contributed by atoms with van der Waals surface area (Å²) in [4.78, 5) is 4.61. The third kappa shape index (κ3) is 1.78. The topological polar surface area (TPSA) is 40.0 Å². The van der Waals surface area contributed by atoms with E-state index in [1.165, 1.54) is 23.6 Å². The molecule has 5 heteroatoms. The molecule has 86 valence electrons. The van der Waals surface area contributed by atoms with Crippen molar-refractivity contribution in [3.63, 3.8) is 0 Å². The van der Waals surface area contributed by atoms with Crippen LogP contribution in [0.3, 0.4) is 0 Å². The zero-order valence-corrected chi connectivity index (χ0v) is 10.3. The van der Waals surface area contributed by atoms with E-state index < -0.39 is 0 Å². The summed E-state index contributed by atoms with van der Waals surface area (Å²) in [5.41, 5.74) is 1.19. The number of nitrogens with one attached hydrogen (secondary N) is 1. The molecule has 3 heterocycles. The summed E-state index contributed by atoms with van der Waals surface area (Å²) in [5.74, 6) is 0. The fourth-order valence-corrected chi connectivity index (χ4v) is 3.20. The van der Waals surface area contributed by atoms with Gasteiger partial charge in [-0.1, -0.05) is 6.92 Å². The molecule has 0 radical (unpaired) electrons. The van der Waals surface area contributed by atoms with Gasteiger partial charge in [-0.05, 0) is 43.6 Å². The van der Waals surface area contributed by atoms with Gasteiger partial charge in [0.05, 0.1) is 12.6 Å². The van der Waals surface area contributed by atoms with Crippen LogP contribution in [0.15, 0.2) is 21.9 Å². The SMILES string of the molecule is CCC1=CCN2N=C([C@H]3CCCN3)SC2=N1. The van der Waals surface area contributed by atoms with E-state index in [9.17, 15) is 0 Å². The highest BCUT2D eigenvalue weighted by molar-refractivity contribution is 8.27. The van der Waals surface area contributed by atoms with Gasteiger partial charge in [-0.2, -0.15) is 5.10 Å². The molecule has 3 aliphatic heterocycles. The number of hydrogen-bond donors (Lipinski definition) is 1. The predicted molar refractivity (Wildman–Crippen MR) is 68.6 cm³/mol. The number of hydrogen-bond acceptors (Lipinski definition) is 5. The van der Waals surface area contributed by atoms with Gasteiger partial charge in [0, 0.05) is 5.70 Å². The Morgan fingerprint density at radius 1 is 1.62 bits per heavy atom. The van der Waals surface area contributed by atoms with E-state index in [2.05, 4.69) is 28.4 Å². The average Bonchev–Trinajstić information content (AvgIpc) is 2.96. The maximum Gasteiger partial charge on any atom is 0.191 e. The molecule has 0 amide bonds. The summed E-state index contributed by atoms with van der Waals surface area (Å²) in [6.07, 6.45) is 5.64. The van der Waals surface area contributed by atoms with Gasteiger partial charge < -0.3 is 5.32 Å². The molecule has 1 saturated heterocycles. The molecule has 0 unspecified atom stereocenters. The monoisotopic (exact) mass is 236 g/mol. The van der Waals surface area contributed by atoms with E-state index in [4.69, 9.17) is 0 Å². The maximum absolute atomic E-state index is 4.64. The lowest BCUT2D eigenvalue weighted by Crippen LogP contribution is -2.28. The molecular formula is C11H16N4S. The maximum atomic E-state index is 4.64. The van der Waals surface area contributed by atoms with Crippen LogP contribution in [0.1, 0.15) is 26.2 Å². The number of rotatable bonds is 2. The number of fused-ring (bicyclic) bond motifs is 1. The van der Waals surface area contributed by atoms with Crippen molar-refractivity contribution in [2.24, 2.45) is 10.1 Å². The minimum atomic E-state index is 0.461. The molecule has 0 bridgehead atoms. The van der Waals surface area contributed by atoms with Crippen molar-refractivity contribution >= 4 is 22.0 Å². The van der Waals surface area contributed by atoms with Gasteiger partial charge in [-0.15, -0.1) is 0 Å². The first-order valence-corrected chi connectivity index (χ1v) is 6.73. The number of nitrogens with zero attached hydrogens (tertiary/aromatic N) is 3. The van der Waals surface area contributed by atoms with E-state index in [0.29, 0.717) is 6.04 Å². The fourth-order valence-electron chi connectivity index (χ4n) is 2.15. The second kappa shape index (κ2) is 4.22. The van der Waals surface area contributed by atoms with Crippen molar-refractivity contribution in [3.8, 4) is 0 Å². The molecule has 3 rings (SSSR count). The number of thioether (sulfide) groups is 1. The lowest BCUT2D eigenvalue weighted by molar-refractivity contribution is 0.496. The van der Waals surface area contributed by atoms with Crippen molar-refractivity contribution in [1.82, 2.24) is 10.3 Å². The van der Waals surface area contributed by atoms with E-state index >= 15 is 0 Å². The van der Waals surface area contributed by atoms with Gasteiger partial charge >= 0.3 is 0 Å². The van der Waals surface area contributed by atoms with Gasteiger partial charge in [-0.25, -0.2) is 10.0 Å². The first-order chi connectivity index (χ1) is 7.86. The molecule has 1 fully saturated rings. The van der Waals surface area contributed by atoms with Crippen LogP contribution in [0.5, 0.6) is 0 Å². The third-order valence-corrected chi connectivity index (χ3v) is 4.16. The van der Waals surface area contributed by atoms with Crippen LogP contribution >= 0.6 is 11.8 Å². The van der Waals surface area contributed by atoms with E-state index in [1.54, 1.807) is 11.8 Å². The minimum absolute atomic E-state index is 0.461. The molecule has 0 saturated carbocycles. The average molecular weight is 236 g/mol. The first kappa shape index (κ1) is 10.4. The Labute approximate surface area is 99.9 Å². The highest BCUT2D eigenvalue weighted by Gasteiger charge is 2.31. The summed E-state index contributed by atoms with van der Waals surface area (Å²) < 4.78 is 0.